The Labute approximate surface area is 173 Å². The summed E-state index contributed by atoms with van der Waals surface area (Å²) in [7, 11) is 0. The van der Waals surface area contributed by atoms with Crippen molar-refractivity contribution >= 4 is 39.7 Å². The van der Waals surface area contributed by atoms with Crippen molar-refractivity contribution in [2.75, 3.05) is 0 Å². The third-order valence-electron chi connectivity index (χ3n) is 4.52. The predicted octanol–water partition coefficient (Wildman–Crippen LogP) is 4.48. The minimum atomic E-state index is 0.0719. The highest BCUT2D eigenvalue weighted by molar-refractivity contribution is 14.1. The SMILES string of the molecule is CCCCn1c(CNC(=O)CCCc2cccc(I)c2)nc2cccnc21. The summed E-state index contributed by atoms with van der Waals surface area (Å²) in [6, 6.07) is 12.3. The van der Waals surface area contributed by atoms with E-state index in [1.54, 1.807) is 6.20 Å². The van der Waals surface area contributed by atoms with E-state index in [0.29, 0.717) is 13.0 Å². The molecule has 0 radical (unpaired) electrons. The molecule has 6 heteroatoms. The van der Waals surface area contributed by atoms with Crippen LogP contribution in [0.4, 0.5) is 0 Å². The summed E-state index contributed by atoms with van der Waals surface area (Å²) in [4.78, 5) is 21.4. The Bertz CT molecular complexity index is 906. The number of hydrogen-bond donors (Lipinski definition) is 1. The van der Waals surface area contributed by atoms with Crippen LogP contribution in [0.2, 0.25) is 0 Å². The third kappa shape index (κ3) is 5.51. The molecule has 1 amide bonds. The van der Waals surface area contributed by atoms with Crippen molar-refractivity contribution in [2.45, 2.75) is 52.1 Å². The molecule has 0 aliphatic rings. The molecule has 0 unspecified atom stereocenters. The number of benzene rings is 1. The van der Waals surface area contributed by atoms with E-state index in [0.717, 1.165) is 49.2 Å². The van der Waals surface area contributed by atoms with E-state index in [1.807, 2.05) is 12.1 Å². The first kappa shape index (κ1) is 19.8. The number of carbonyl (C=O) groups excluding carboxylic acids is 1. The van der Waals surface area contributed by atoms with Gasteiger partial charge in [0.2, 0.25) is 5.91 Å². The highest BCUT2D eigenvalue weighted by Crippen LogP contribution is 2.15. The summed E-state index contributed by atoms with van der Waals surface area (Å²) in [5.74, 6) is 0.950. The lowest BCUT2D eigenvalue weighted by Gasteiger charge is -2.09. The van der Waals surface area contributed by atoms with E-state index in [-0.39, 0.29) is 5.91 Å². The van der Waals surface area contributed by atoms with Crippen molar-refractivity contribution in [1.29, 1.82) is 0 Å². The van der Waals surface area contributed by atoms with Crippen molar-refractivity contribution < 1.29 is 4.79 Å². The van der Waals surface area contributed by atoms with E-state index in [9.17, 15) is 4.79 Å². The average Bonchev–Trinajstić information content (AvgIpc) is 3.02. The molecule has 0 spiro atoms. The van der Waals surface area contributed by atoms with Gasteiger partial charge in [-0.2, -0.15) is 0 Å². The standard InChI is InChI=1S/C21H25IN4O/c1-2-3-13-26-19(25-18-10-6-12-23-21(18)26)15-24-20(27)11-5-8-16-7-4-9-17(22)14-16/h4,6-7,9-10,12,14H,2-3,5,8,11,13,15H2,1H3,(H,24,27). The van der Waals surface area contributed by atoms with Gasteiger partial charge in [-0.05, 0) is 71.7 Å². The number of unbranched alkanes of at least 4 members (excludes halogenated alkanes) is 1. The minimum absolute atomic E-state index is 0.0719. The van der Waals surface area contributed by atoms with Crippen LogP contribution in [0.5, 0.6) is 0 Å². The summed E-state index contributed by atoms with van der Waals surface area (Å²) < 4.78 is 3.36. The zero-order valence-corrected chi connectivity index (χ0v) is 17.8. The molecule has 27 heavy (non-hydrogen) atoms. The molecule has 0 bridgehead atoms. The second-order valence-corrected chi connectivity index (χ2v) is 7.89. The van der Waals surface area contributed by atoms with E-state index in [2.05, 4.69) is 73.6 Å². The Balaban J connectivity index is 1.55. The molecule has 0 saturated heterocycles. The molecule has 0 atom stereocenters. The van der Waals surface area contributed by atoms with Gasteiger partial charge in [0.1, 0.15) is 11.3 Å². The number of carbonyl (C=O) groups is 1. The van der Waals surface area contributed by atoms with Gasteiger partial charge in [0, 0.05) is 22.7 Å². The van der Waals surface area contributed by atoms with Gasteiger partial charge in [0.15, 0.2) is 5.65 Å². The maximum Gasteiger partial charge on any atom is 0.220 e. The number of amides is 1. The molecule has 0 aliphatic heterocycles. The van der Waals surface area contributed by atoms with E-state index >= 15 is 0 Å². The molecule has 142 valence electrons. The largest absolute Gasteiger partial charge is 0.349 e. The summed E-state index contributed by atoms with van der Waals surface area (Å²) in [5, 5.41) is 3.02. The second kappa shape index (κ2) is 9.82. The van der Waals surface area contributed by atoms with Crippen molar-refractivity contribution in [1.82, 2.24) is 19.9 Å². The van der Waals surface area contributed by atoms with Crippen molar-refractivity contribution in [2.24, 2.45) is 0 Å². The zero-order valence-electron chi connectivity index (χ0n) is 15.6. The maximum absolute atomic E-state index is 12.2. The van der Waals surface area contributed by atoms with Gasteiger partial charge in [-0.25, -0.2) is 9.97 Å². The number of nitrogens with zero attached hydrogens (tertiary/aromatic N) is 3. The number of fused-ring (bicyclic) bond motifs is 1. The van der Waals surface area contributed by atoms with Gasteiger partial charge in [-0.1, -0.05) is 25.5 Å². The first-order valence-electron chi connectivity index (χ1n) is 9.48. The summed E-state index contributed by atoms with van der Waals surface area (Å²) in [6.07, 6.45) is 6.26. The Kier molecular flexibility index (Phi) is 7.20. The monoisotopic (exact) mass is 476 g/mol. The molecule has 0 aliphatic carbocycles. The van der Waals surface area contributed by atoms with Gasteiger partial charge in [-0.15, -0.1) is 0 Å². The smallest absolute Gasteiger partial charge is 0.220 e. The van der Waals surface area contributed by atoms with Crippen LogP contribution in [-0.2, 0) is 24.3 Å². The van der Waals surface area contributed by atoms with Crippen LogP contribution in [0.25, 0.3) is 11.2 Å². The zero-order chi connectivity index (χ0) is 19.1. The molecule has 0 fully saturated rings. The van der Waals surface area contributed by atoms with E-state index in [4.69, 9.17) is 0 Å². The van der Waals surface area contributed by atoms with E-state index in [1.165, 1.54) is 9.13 Å². The summed E-state index contributed by atoms with van der Waals surface area (Å²) in [5.41, 5.74) is 3.06. The topological polar surface area (TPSA) is 59.8 Å². The van der Waals surface area contributed by atoms with Gasteiger partial charge in [0.25, 0.3) is 0 Å². The quantitative estimate of drug-likeness (QED) is 0.464. The normalized spacial score (nSPS) is 11.0. The number of nitrogens with one attached hydrogen (secondary N) is 1. The lowest BCUT2D eigenvalue weighted by atomic mass is 10.1. The Morgan fingerprint density at radius 3 is 2.93 bits per heavy atom. The number of halogens is 1. The molecule has 2 aromatic heterocycles. The minimum Gasteiger partial charge on any atom is -0.349 e. The fourth-order valence-electron chi connectivity index (χ4n) is 3.10. The Morgan fingerprint density at radius 1 is 1.22 bits per heavy atom. The predicted molar refractivity (Wildman–Crippen MR) is 116 cm³/mol. The number of imidazole rings is 1. The van der Waals surface area contributed by atoms with Crippen LogP contribution >= 0.6 is 22.6 Å². The Hall–Kier alpha value is -1.96. The maximum atomic E-state index is 12.2. The van der Waals surface area contributed by atoms with Crippen LogP contribution in [0.1, 0.15) is 44.0 Å². The van der Waals surface area contributed by atoms with Crippen LogP contribution in [0.3, 0.4) is 0 Å². The highest BCUT2D eigenvalue weighted by atomic mass is 127. The number of aromatic nitrogens is 3. The lowest BCUT2D eigenvalue weighted by molar-refractivity contribution is -0.121. The van der Waals surface area contributed by atoms with Crippen LogP contribution in [-0.4, -0.2) is 20.4 Å². The van der Waals surface area contributed by atoms with Crippen LogP contribution in [0, 0.1) is 3.57 Å². The molecule has 5 nitrogen and oxygen atoms in total. The Morgan fingerprint density at radius 2 is 2.11 bits per heavy atom. The molecule has 1 N–H and O–H groups in total. The van der Waals surface area contributed by atoms with Gasteiger partial charge in [-0.3, -0.25) is 4.79 Å². The lowest BCUT2D eigenvalue weighted by Crippen LogP contribution is -2.24. The van der Waals surface area contributed by atoms with Crippen molar-refractivity contribution in [3.8, 4) is 0 Å². The second-order valence-electron chi connectivity index (χ2n) is 6.64. The number of rotatable bonds is 9. The van der Waals surface area contributed by atoms with Crippen LogP contribution < -0.4 is 5.32 Å². The van der Waals surface area contributed by atoms with Gasteiger partial charge < -0.3 is 9.88 Å². The van der Waals surface area contributed by atoms with Gasteiger partial charge in [0.05, 0.1) is 6.54 Å². The van der Waals surface area contributed by atoms with Crippen molar-refractivity contribution in [3.63, 3.8) is 0 Å². The first-order chi connectivity index (χ1) is 13.2. The number of aryl methyl sites for hydroxylation is 2. The first-order valence-corrected chi connectivity index (χ1v) is 10.6. The molecule has 0 saturated carbocycles. The highest BCUT2D eigenvalue weighted by Gasteiger charge is 2.12. The summed E-state index contributed by atoms with van der Waals surface area (Å²) >= 11 is 2.31. The van der Waals surface area contributed by atoms with Crippen LogP contribution in [0.15, 0.2) is 42.6 Å². The van der Waals surface area contributed by atoms with E-state index < -0.39 is 0 Å². The molecule has 2 heterocycles. The molecular weight excluding hydrogens is 451 g/mol. The fourth-order valence-corrected chi connectivity index (χ4v) is 3.71. The van der Waals surface area contributed by atoms with Gasteiger partial charge >= 0.3 is 0 Å². The number of hydrogen-bond acceptors (Lipinski definition) is 3. The average molecular weight is 476 g/mol. The molecule has 3 rings (SSSR count). The molecule has 3 aromatic rings. The molecular formula is C21H25IN4O. The number of pyridine rings is 1. The van der Waals surface area contributed by atoms with Crippen molar-refractivity contribution in [3.05, 3.63) is 57.6 Å². The fraction of sp³-hybridized carbons (Fsp3) is 0.381. The summed E-state index contributed by atoms with van der Waals surface area (Å²) in [6.45, 7) is 3.49. The molecule has 1 aromatic carbocycles. The third-order valence-corrected chi connectivity index (χ3v) is 5.19.